The van der Waals surface area contributed by atoms with Crippen molar-refractivity contribution in [3.63, 3.8) is 0 Å². The Hall–Kier alpha value is -1.28. The number of nitrogens with zero attached hydrogens (tertiary/aromatic N) is 1. The van der Waals surface area contributed by atoms with Gasteiger partial charge in [0.1, 0.15) is 12.5 Å². The average Bonchev–Trinajstić information content (AvgIpc) is 3.78. The fourth-order valence-electron chi connectivity index (χ4n) is 9.64. The summed E-state index contributed by atoms with van der Waals surface area (Å²) in [5.41, 5.74) is 1.95. The normalized spacial score (nSPS) is 36.5. The molecule has 1 spiro atoms. The molecule has 4 N–H and O–H groups in total. The number of piperidine rings is 1. The number of nitrogens with one attached hydrogen (secondary N) is 4. The van der Waals surface area contributed by atoms with Gasteiger partial charge in [-0.15, -0.1) is 0 Å². The lowest BCUT2D eigenvalue weighted by atomic mass is 9.60. The van der Waals surface area contributed by atoms with E-state index in [0.717, 1.165) is 68.3 Å². The lowest BCUT2D eigenvalue weighted by molar-refractivity contribution is -0.197. The molecule has 1 aromatic rings. The fourth-order valence-corrected chi connectivity index (χ4v) is 11.3. The van der Waals surface area contributed by atoms with Crippen molar-refractivity contribution in [2.24, 2.45) is 16.7 Å². The summed E-state index contributed by atoms with van der Waals surface area (Å²) in [6.07, 6.45) is 2.48. The first kappa shape index (κ1) is 33.2. The van der Waals surface area contributed by atoms with E-state index in [2.05, 4.69) is 51.6 Å². The molecule has 6 fully saturated rings. The van der Waals surface area contributed by atoms with Crippen LogP contribution in [0, 0.1) is 30.6 Å². The van der Waals surface area contributed by atoms with Crippen LogP contribution >= 0.6 is 0 Å². The van der Waals surface area contributed by atoms with Crippen molar-refractivity contribution >= 4 is 10.0 Å². The molecule has 3 saturated carbocycles. The van der Waals surface area contributed by atoms with Crippen molar-refractivity contribution < 1.29 is 26.3 Å². The Morgan fingerprint density at radius 1 is 1.00 bits per heavy atom. The van der Waals surface area contributed by atoms with Crippen LogP contribution < -0.4 is 20.7 Å². The van der Waals surface area contributed by atoms with Gasteiger partial charge in [-0.1, -0.05) is 24.6 Å². The molecule has 3 aliphatic heterocycles. The largest absolute Gasteiger partial charge is 0.394 e. The predicted molar refractivity (Wildman–Crippen MR) is 171 cm³/mol. The van der Waals surface area contributed by atoms with Crippen molar-refractivity contribution in [3.8, 4) is 0 Å². The Morgan fingerprint density at radius 3 is 2.39 bits per heavy atom. The molecule has 6 aliphatic rings. The van der Waals surface area contributed by atoms with E-state index in [0.29, 0.717) is 25.8 Å². The van der Waals surface area contributed by atoms with E-state index >= 15 is 0 Å². The molecule has 4 bridgehead atoms. The quantitative estimate of drug-likeness (QED) is 0.360. The molecule has 6 atom stereocenters. The highest BCUT2D eigenvalue weighted by atomic mass is 32.2. The monoisotopic (exact) mass is 667 g/mol. The highest BCUT2D eigenvalue weighted by molar-refractivity contribution is 7.90. The number of sulfonamides is 1. The minimum Gasteiger partial charge on any atom is -0.362 e. The molecule has 3 saturated heterocycles. The third kappa shape index (κ3) is 6.65. The lowest BCUT2D eigenvalue weighted by Crippen LogP contribution is -2.64. The topological polar surface area (TPSA) is 94.7 Å². The van der Waals surface area contributed by atoms with Gasteiger partial charge in [-0.3, -0.25) is 15.5 Å². The molecule has 0 amide bonds. The molecule has 8 nitrogen and oxygen atoms in total. The number of alkyl halides is 3. The number of hydrogen-bond donors (Lipinski definition) is 4. The molecule has 258 valence electrons. The van der Waals surface area contributed by atoms with Crippen LogP contribution in [0.1, 0.15) is 99.8 Å². The Morgan fingerprint density at radius 2 is 1.72 bits per heavy atom. The van der Waals surface area contributed by atoms with E-state index in [1.807, 2.05) is 6.07 Å². The summed E-state index contributed by atoms with van der Waals surface area (Å²) in [7, 11) is -3.68. The third-order valence-corrected chi connectivity index (χ3v) is 14.4. The average molecular weight is 668 g/mol. The lowest BCUT2D eigenvalue weighted by Gasteiger charge is -2.56. The van der Waals surface area contributed by atoms with Gasteiger partial charge in [0.2, 0.25) is 10.0 Å². The van der Waals surface area contributed by atoms with Crippen LogP contribution in [-0.4, -0.2) is 75.6 Å². The molecule has 3 aliphatic carbocycles. The standard InChI is InChI=1S/C34H52F3N5O3S/c1-22-5-3-6-23(2)30(22)28-16-29-40-31(39-28)41-46(43,44)27-8-4-7-24(15-27)20-42(25-17-32(18-25)11-13-38-14-12-32)26(21-45-29)19-33(9-10-33)34(35,36)37/h3,5-6,24-29,31,38-41H,4,7-21H2,1-2H3/t24?,26-,27?,28?,29?,31?/m1/s1. The van der Waals surface area contributed by atoms with Gasteiger partial charge in [0.15, 0.2) is 0 Å². The molecule has 5 unspecified atom stereocenters. The van der Waals surface area contributed by atoms with E-state index < -0.39 is 39.4 Å². The van der Waals surface area contributed by atoms with Crippen LogP contribution in [0.15, 0.2) is 18.2 Å². The van der Waals surface area contributed by atoms with Gasteiger partial charge in [0.05, 0.1) is 17.3 Å². The molecule has 0 radical (unpaired) electrons. The zero-order valence-corrected chi connectivity index (χ0v) is 28.1. The maximum atomic E-state index is 14.5. The number of fused-ring (bicyclic) bond motifs is 4. The molecule has 7 rings (SSSR count). The summed E-state index contributed by atoms with van der Waals surface area (Å²) in [6.45, 7) is 6.93. The molecule has 0 aromatic heterocycles. The van der Waals surface area contributed by atoms with Gasteiger partial charge in [-0.05, 0) is 119 Å². The molecule has 46 heavy (non-hydrogen) atoms. The van der Waals surface area contributed by atoms with E-state index in [1.165, 1.54) is 0 Å². The zero-order valence-electron chi connectivity index (χ0n) is 27.3. The van der Waals surface area contributed by atoms with Crippen LogP contribution in [-0.2, 0) is 14.8 Å². The van der Waals surface area contributed by atoms with Crippen molar-refractivity contribution in [1.82, 2.24) is 25.6 Å². The highest BCUT2D eigenvalue weighted by Gasteiger charge is 2.64. The number of rotatable bonds is 4. The summed E-state index contributed by atoms with van der Waals surface area (Å²) in [5.74, 6) is 0.117. The molecule has 1 aromatic carbocycles. The van der Waals surface area contributed by atoms with Crippen LogP contribution in [0.25, 0.3) is 0 Å². The van der Waals surface area contributed by atoms with Crippen molar-refractivity contribution in [2.45, 2.75) is 133 Å². The van der Waals surface area contributed by atoms with E-state index in [-0.39, 0.29) is 55.3 Å². The maximum absolute atomic E-state index is 14.5. The van der Waals surface area contributed by atoms with Gasteiger partial charge < -0.3 is 10.1 Å². The van der Waals surface area contributed by atoms with Crippen LogP contribution in [0.4, 0.5) is 13.2 Å². The Kier molecular flexibility index (Phi) is 9.07. The smallest absolute Gasteiger partial charge is 0.362 e. The van der Waals surface area contributed by atoms with Crippen LogP contribution in [0.2, 0.25) is 0 Å². The van der Waals surface area contributed by atoms with Crippen molar-refractivity contribution in [2.75, 3.05) is 26.2 Å². The number of hydrogen-bond acceptors (Lipinski definition) is 7. The Labute approximate surface area is 272 Å². The van der Waals surface area contributed by atoms with Gasteiger partial charge in [0.25, 0.3) is 0 Å². The van der Waals surface area contributed by atoms with Gasteiger partial charge in [-0.2, -0.15) is 17.9 Å². The molecule has 12 heteroatoms. The summed E-state index contributed by atoms with van der Waals surface area (Å²) in [6, 6.07) is 5.76. The van der Waals surface area contributed by atoms with Gasteiger partial charge in [-0.25, -0.2) is 8.42 Å². The maximum Gasteiger partial charge on any atom is 0.394 e. The Balaban J connectivity index is 1.22. The summed E-state index contributed by atoms with van der Waals surface area (Å²) < 4.78 is 80.8. The molecular weight excluding hydrogens is 615 g/mol. The summed E-state index contributed by atoms with van der Waals surface area (Å²) in [5, 5.41) is 9.76. The minimum atomic E-state index is -4.24. The Bertz CT molecular complexity index is 1340. The fraction of sp³-hybridized carbons (Fsp3) is 0.824. The number of halogens is 3. The first-order valence-corrected chi connectivity index (χ1v) is 19.1. The van der Waals surface area contributed by atoms with Gasteiger partial charge in [0, 0.05) is 31.1 Å². The SMILES string of the molecule is Cc1cccc(C)c1C1CC2NC(N1)NS(=O)(=O)C1CCCC(C1)CN(C1CC3(CCNCC3)C1)[C@H](CC1(C(F)(F)F)CC1)CO2. The molecular formula is C34H52F3N5O3S. The summed E-state index contributed by atoms with van der Waals surface area (Å²) in [4.78, 5) is 2.38. The summed E-state index contributed by atoms with van der Waals surface area (Å²) >= 11 is 0. The first-order valence-electron chi connectivity index (χ1n) is 17.6. The van der Waals surface area contributed by atoms with Crippen LogP contribution in [0.5, 0.6) is 0 Å². The van der Waals surface area contributed by atoms with Crippen LogP contribution in [0.3, 0.4) is 0 Å². The predicted octanol–water partition coefficient (Wildman–Crippen LogP) is 4.98. The number of benzene rings is 1. The zero-order chi connectivity index (χ0) is 32.3. The number of aryl methyl sites for hydroxylation is 2. The van der Waals surface area contributed by atoms with Crippen molar-refractivity contribution in [3.05, 3.63) is 34.9 Å². The number of ether oxygens (including phenoxy) is 1. The second-order valence-electron chi connectivity index (χ2n) is 15.6. The molecule has 3 heterocycles. The van der Waals surface area contributed by atoms with E-state index in [4.69, 9.17) is 4.74 Å². The van der Waals surface area contributed by atoms with E-state index in [1.54, 1.807) is 0 Å². The second kappa shape index (κ2) is 12.6. The first-order chi connectivity index (χ1) is 21.9. The van der Waals surface area contributed by atoms with Gasteiger partial charge >= 0.3 is 6.18 Å². The van der Waals surface area contributed by atoms with Crippen molar-refractivity contribution in [1.29, 1.82) is 0 Å². The van der Waals surface area contributed by atoms with E-state index in [9.17, 15) is 21.6 Å². The highest BCUT2D eigenvalue weighted by Crippen LogP contribution is 2.61. The minimum absolute atomic E-state index is 0.0446. The second-order valence-corrected chi connectivity index (χ2v) is 17.6. The third-order valence-electron chi connectivity index (χ3n) is 12.5.